The van der Waals surface area contributed by atoms with Gasteiger partial charge in [0.25, 0.3) is 0 Å². The fourth-order valence-corrected chi connectivity index (χ4v) is 2.60. The van der Waals surface area contributed by atoms with E-state index in [1.165, 1.54) is 32.4 Å². The topological polar surface area (TPSA) is 34.1 Å². The van der Waals surface area contributed by atoms with Gasteiger partial charge in [0.05, 0.1) is 6.21 Å². The molecule has 21 heavy (non-hydrogen) atoms. The summed E-state index contributed by atoms with van der Waals surface area (Å²) in [5.41, 5.74) is 1.04. The Balaban J connectivity index is 1.38. The van der Waals surface area contributed by atoms with Gasteiger partial charge in [-0.1, -0.05) is 5.16 Å². The van der Waals surface area contributed by atoms with Crippen LogP contribution in [0.25, 0.3) is 0 Å². The van der Waals surface area contributed by atoms with Crippen LogP contribution in [0, 0.1) is 0 Å². The zero-order valence-electron chi connectivity index (χ0n) is 12.5. The van der Waals surface area contributed by atoms with Gasteiger partial charge < -0.3 is 9.57 Å². The molecule has 1 saturated heterocycles. The molecule has 0 atom stereocenters. The molecule has 0 spiro atoms. The van der Waals surface area contributed by atoms with Crippen molar-refractivity contribution in [2.45, 2.75) is 38.2 Å². The molecule has 1 saturated carbocycles. The van der Waals surface area contributed by atoms with Gasteiger partial charge in [-0.3, -0.25) is 4.90 Å². The zero-order valence-corrected chi connectivity index (χ0v) is 12.5. The molecule has 0 N–H and O–H groups in total. The largest absolute Gasteiger partial charge is 0.492 e. The molecule has 0 bridgehead atoms. The minimum Gasteiger partial charge on any atom is -0.492 e. The van der Waals surface area contributed by atoms with E-state index in [2.05, 4.69) is 10.1 Å². The molecular weight excluding hydrogens is 264 g/mol. The third-order valence-corrected chi connectivity index (χ3v) is 4.22. The molecule has 1 aliphatic heterocycles. The summed E-state index contributed by atoms with van der Waals surface area (Å²) >= 11 is 0. The highest BCUT2D eigenvalue weighted by atomic mass is 16.6. The van der Waals surface area contributed by atoms with E-state index in [4.69, 9.17) is 9.57 Å². The Morgan fingerprint density at radius 3 is 2.52 bits per heavy atom. The molecule has 1 aromatic carbocycles. The fraction of sp³-hybridized carbons (Fsp3) is 0.588. The van der Waals surface area contributed by atoms with Gasteiger partial charge in [-0.05, 0) is 75.0 Å². The SMILES string of the molecule is C(=N\OC1CCC1)/c1ccc(OCCN2CCCC2)cc1. The van der Waals surface area contributed by atoms with Crippen LogP contribution < -0.4 is 4.74 Å². The van der Waals surface area contributed by atoms with Gasteiger partial charge in [0.1, 0.15) is 18.5 Å². The number of hydrogen-bond donors (Lipinski definition) is 0. The standard InChI is InChI=1S/C17H24N2O2/c1-2-11-19(10-1)12-13-20-16-8-6-15(7-9-16)14-18-21-17-4-3-5-17/h6-9,14,17H,1-5,10-13H2/b18-14+. The van der Waals surface area contributed by atoms with E-state index in [1.54, 1.807) is 6.21 Å². The van der Waals surface area contributed by atoms with Crippen LogP contribution >= 0.6 is 0 Å². The van der Waals surface area contributed by atoms with Gasteiger partial charge in [-0.15, -0.1) is 0 Å². The molecule has 114 valence electrons. The van der Waals surface area contributed by atoms with E-state index >= 15 is 0 Å². The van der Waals surface area contributed by atoms with Crippen LogP contribution in [0.15, 0.2) is 29.4 Å². The number of ether oxygens (including phenoxy) is 1. The van der Waals surface area contributed by atoms with Gasteiger partial charge in [-0.2, -0.15) is 0 Å². The molecule has 0 aromatic heterocycles. The summed E-state index contributed by atoms with van der Waals surface area (Å²) in [4.78, 5) is 7.82. The lowest BCUT2D eigenvalue weighted by molar-refractivity contribution is 0.00700. The lowest BCUT2D eigenvalue weighted by Gasteiger charge is -2.22. The van der Waals surface area contributed by atoms with Crippen molar-refractivity contribution in [2.24, 2.45) is 5.16 Å². The van der Waals surface area contributed by atoms with Crippen molar-refractivity contribution in [2.75, 3.05) is 26.2 Å². The smallest absolute Gasteiger partial charge is 0.127 e. The average Bonchev–Trinajstić information content (AvgIpc) is 2.96. The van der Waals surface area contributed by atoms with Gasteiger partial charge >= 0.3 is 0 Å². The van der Waals surface area contributed by atoms with Gasteiger partial charge in [-0.25, -0.2) is 0 Å². The molecule has 1 aromatic rings. The normalized spacial score (nSPS) is 19.8. The van der Waals surface area contributed by atoms with Crippen LogP contribution in [0.2, 0.25) is 0 Å². The maximum Gasteiger partial charge on any atom is 0.127 e. The summed E-state index contributed by atoms with van der Waals surface area (Å²) in [5.74, 6) is 0.922. The van der Waals surface area contributed by atoms with E-state index in [1.807, 2.05) is 24.3 Å². The third-order valence-electron chi connectivity index (χ3n) is 4.22. The van der Waals surface area contributed by atoms with E-state index in [0.717, 1.165) is 37.3 Å². The van der Waals surface area contributed by atoms with Crippen LogP contribution in [0.5, 0.6) is 5.75 Å². The lowest BCUT2D eigenvalue weighted by Crippen LogP contribution is -2.25. The van der Waals surface area contributed by atoms with Crippen molar-refractivity contribution in [1.29, 1.82) is 0 Å². The summed E-state index contributed by atoms with van der Waals surface area (Å²) < 4.78 is 5.77. The van der Waals surface area contributed by atoms with Crippen molar-refractivity contribution >= 4 is 6.21 Å². The molecule has 3 rings (SSSR count). The molecule has 4 nitrogen and oxygen atoms in total. The van der Waals surface area contributed by atoms with Crippen molar-refractivity contribution < 1.29 is 9.57 Å². The van der Waals surface area contributed by atoms with Crippen LogP contribution in [-0.2, 0) is 4.84 Å². The monoisotopic (exact) mass is 288 g/mol. The number of benzene rings is 1. The maximum absolute atomic E-state index is 5.77. The minimum atomic E-state index is 0.342. The fourth-order valence-electron chi connectivity index (χ4n) is 2.60. The van der Waals surface area contributed by atoms with E-state index in [0.29, 0.717) is 6.10 Å². The number of nitrogens with zero attached hydrogens (tertiary/aromatic N) is 2. The predicted octanol–water partition coefficient (Wildman–Crippen LogP) is 3.06. The highest BCUT2D eigenvalue weighted by Crippen LogP contribution is 2.21. The molecule has 0 amide bonds. The minimum absolute atomic E-state index is 0.342. The van der Waals surface area contributed by atoms with Crippen molar-refractivity contribution in [3.63, 3.8) is 0 Å². The van der Waals surface area contributed by atoms with Crippen molar-refractivity contribution in [3.05, 3.63) is 29.8 Å². The highest BCUT2D eigenvalue weighted by molar-refractivity contribution is 5.79. The molecule has 4 heteroatoms. The Hall–Kier alpha value is -1.55. The van der Waals surface area contributed by atoms with E-state index in [9.17, 15) is 0 Å². The second kappa shape index (κ2) is 7.46. The Kier molecular flexibility index (Phi) is 5.11. The Morgan fingerprint density at radius 1 is 1.10 bits per heavy atom. The second-order valence-electron chi connectivity index (χ2n) is 5.86. The quantitative estimate of drug-likeness (QED) is 0.571. The van der Waals surface area contributed by atoms with Crippen LogP contribution in [-0.4, -0.2) is 43.5 Å². The summed E-state index contributed by atoms with van der Waals surface area (Å²) in [6, 6.07) is 8.01. The molecule has 2 fully saturated rings. The number of rotatable bonds is 7. The maximum atomic E-state index is 5.77. The summed E-state index contributed by atoms with van der Waals surface area (Å²) in [6.45, 7) is 4.23. The van der Waals surface area contributed by atoms with Crippen LogP contribution in [0.3, 0.4) is 0 Å². The molecule has 2 aliphatic rings. The molecule has 0 unspecified atom stereocenters. The number of hydrogen-bond acceptors (Lipinski definition) is 4. The molecular formula is C17H24N2O2. The Morgan fingerprint density at radius 2 is 1.86 bits per heavy atom. The van der Waals surface area contributed by atoms with Crippen LogP contribution in [0.1, 0.15) is 37.7 Å². The zero-order chi connectivity index (χ0) is 14.3. The molecule has 1 heterocycles. The Bertz CT molecular complexity index is 448. The second-order valence-corrected chi connectivity index (χ2v) is 5.86. The van der Waals surface area contributed by atoms with Gasteiger partial charge in [0.2, 0.25) is 0 Å². The van der Waals surface area contributed by atoms with Gasteiger partial charge in [0.15, 0.2) is 0 Å². The molecule has 1 aliphatic carbocycles. The first-order valence-electron chi connectivity index (χ1n) is 8.04. The first kappa shape index (κ1) is 14.4. The summed E-state index contributed by atoms with van der Waals surface area (Å²) in [6.07, 6.45) is 8.32. The average molecular weight is 288 g/mol. The number of oxime groups is 1. The Labute approximate surface area is 126 Å². The first-order valence-corrected chi connectivity index (χ1v) is 8.04. The third kappa shape index (κ3) is 4.46. The summed E-state index contributed by atoms with van der Waals surface area (Å²) in [7, 11) is 0. The summed E-state index contributed by atoms with van der Waals surface area (Å²) in [5, 5.41) is 4.04. The number of likely N-dealkylation sites (tertiary alicyclic amines) is 1. The lowest BCUT2D eigenvalue weighted by atomic mass is 9.97. The van der Waals surface area contributed by atoms with Crippen molar-refractivity contribution in [1.82, 2.24) is 4.90 Å². The predicted molar refractivity (Wildman–Crippen MR) is 83.9 cm³/mol. The molecule has 0 radical (unpaired) electrons. The highest BCUT2D eigenvalue weighted by Gasteiger charge is 2.18. The van der Waals surface area contributed by atoms with Gasteiger partial charge in [0, 0.05) is 6.54 Å². The van der Waals surface area contributed by atoms with E-state index < -0.39 is 0 Å². The van der Waals surface area contributed by atoms with Crippen molar-refractivity contribution in [3.8, 4) is 5.75 Å². The van der Waals surface area contributed by atoms with E-state index in [-0.39, 0.29) is 0 Å². The first-order chi connectivity index (χ1) is 10.4. The van der Waals surface area contributed by atoms with Crippen LogP contribution in [0.4, 0.5) is 0 Å².